The van der Waals surface area contributed by atoms with Gasteiger partial charge in [0.15, 0.2) is 5.16 Å². The van der Waals surface area contributed by atoms with Crippen molar-refractivity contribution in [2.24, 2.45) is 0 Å². The lowest BCUT2D eigenvalue weighted by Crippen LogP contribution is -2.47. The predicted molar refractivity (Wildman–Crippen MR) is 115 cm³/mol. The van der Waals surface area contributed by atoms with Crippen LogP contribution in [0.2, 0.25) is 0 Å². The van der Waals surface area contributed by atoms with Crippen LogP contribution < -0.4 is 0 Å². The summed E-state index contributed by atoms with van der Waals surface area (Å²) in [6.45, 7) is 4.40. The standard InChI is InChI=1S/C22H26N4OS/c1-24-13-15-25(16-14-24)21(27)17-28-22-23-19-9-5-6-10-20(19)26(22)12-11-18-7-3-2-4-8-18/h2-10H,11-17H2,1H3. The summed E-state index contributed by atoms with van der Waals surface area (Å²) in [6.07, 6.45) is 0.946. The average molecular weight is 395 g/mol. The van der Waals surface area contributed by atoms with Crippen molar-refractivity contribution < 1.29 is 4.79 Å². The van der Waals surface area contributed by atoms with Crippen LogP contribution in [-0.4, -0.2) is 64.2 Å². The Balaban J connectivity index is 1.47. The van der Waals surface area contributed by atoms with Crippen molar-refractivity contribution >= 4 is 28.7 Å². The lowest BCUT2D eigenvalue weighted by Gasteiger charge is -2.32. The predicted octanol–water partition coefficient (Wildman–Crippen LogP) is 3.15. The molecular weight excluding hydrogens is 368 g/mol. The topological polar surface area (TPSA) is 41.4 Å². The van der Waals surface area contributed by atoms with Crippen LogP contribution >= 0.6 is 11.8 Å². The molecule has 3 aromatic rings. The molecule has 1 saturated heterocycles. The first kappa shape index (κ1) is 19.0. The van der Waals surface area contributed by atoms with Gasteiger partial charge in [0.2, 0.25) is 5.91 Å². The summed E-state index contributed by atoms with van der Waals surface area (Å²) >= 11 is 1.56. The van der Waals surface area contributed by atoms with Gasteiger partial charge in [0.25, 0.3) is 0 Å². The van der Waals surface area contributed by atoms with Gasteiger partial charge in [0, 0.05) is 32.7 Å². The minimum atomic E-state index is 0.208. The fourth-order valence-corrected chi connectivity index (χ4v) is 4.48. The third kappa shape index (κ3) is 4.39. The summed E-state index contributed by atoms with van der Waals surface area (Å²) in [6, 6.07) is 18.7. The van der Waals surface area contributed by atoms with Crippen molar-refractivity contribution in [3.8, 4) is 0 Å². The Morgan fingerprint density at radius 3 is 2.50 bits per heavy atom. The van der Waals surface area contributed by atoms with Crippen molar-refractivity contribution in [2.45, 2.75) is 18.1 Å². The van der Waals surface area contributed by atoms with Crippen LogP contribution in [0.25, 0.3) is 11.0 Å². The molecule has 0 spiro atoms. The van der Waals surface area contributed by atoms with Crippen molar-refractivity contribution in [1.82, 2.24) is 19.4 Å². The average Bonchev–Trinajstić information content (AvgIpc) is 3.09. The molecule has 0 unspecified atom stereocenters. The zero-order valence-electron chi connectivity index (χ0n) is 16.3. The fraction of sp³-hybridized carbons (Fsp3) is 0.364. The summed E-state index contributed by atoms with van der Waals surface area (Å²) in [7, 11) is 2.10. The number of para-hydroxylation sites is 2. The number of imidazole rings is 1. The first-order chi connectivity index (χ1) is 13.7. The molecule has 28 heavy (non-hydrogen) atoms. The molecule has 0 saturated carbocycles. The van der Waals surface area contributed by atoms with E-state index >= 15 is 0 Å². The van der Waals surface area contributed by atoms with Crippen LogP contribution in [-0.2, 0) is 17.8 Å². The number of carbonyl (C=O) groups excluding carboxylic acids is 1. The molecule has 0 radical (unpaired) electrons. The molecule has 1 amide bonds. The van der Waals surface area contributed by atoms with Gasteiger partial charge in [-0.25, -0.2) is 4.98 Å². The van der Waals surface area contributed by atoms with Gasteiger partial charge in [-0.2, -0.15) is 0 Å². The van der Waals surface area contributed by atoms with Gasteiger partial charge in [-0.15, -0.1) is 0 Å². The van der Waals surface area contributed by atoms with E-state index in [2.05, 4.69) is 46.8 Å². The van der Waals surface area contributed by atoms with E-state index in [0.717, 1.165) is 55.3 Å². The molecule has 0 atom stereocenters. The number of aromatic nitrogens is 2. The Morgan fingerprint density at radius 1 is 1.00 bits per heavy atom. The third-order valence-electron chi connectivity index (χ3n) is 5.27. The molecule has 1 fully saturated rings. The van der Waals surface area contributed by atoms with Gasteiger partial charge in [0.05, 0.1) is 16.8 Å². The third-order valence-corrected chi connectivity index (χ3v) is 6.23. The maximum atomic E-state index is 12.6. The molecule has 146 valence electrons. The fourth-order valence-electron chi connectivity index (χ4n) is 3.54. The van der Waals surface area contributed by atoms with E-state index in [-0.39, 0.29) is 5.91 Å². The van der Waals surface area contributed by atoms with Crippen molar-refractivity contribution in [3.63, 3.8) is 0 Å². The number of hydrogen-bond acceptors (Lipinski definition) is 4. The quantitative estimate of drug-likeness (QED) is 0.603. The summed E-state index contributed by atoms with van der Waals surface area (Å²) in [4.78, 5) is 21.7. The van der Waals surface area contributed by atoms with Gasteiger partial charge in [-0.3, -0.25) is 4.79 Å². The molecule has 1 aromatic heterocycles. The number of benzene rings is 2. The number of likely N-dealkylation sites (N-methyl/N-ethyl adjacent to an activating group) is 1. The lowest BCUT2D eigenvalue weighted by atomic mass is 10.1. The first-order valence-electron chi connectivity index (χ1n) is 9.79. The van der Waals surface area contributed by atoms with Gasteiger partial charge < -0.3 is 14.4 Å². The van der Waals surface area contributed by atoms with Crippen LogP contribution in [0.15, 0.2) is 59.8 Å². The highest BCUT2D eigenvalue weighted by Gasteiger charge is 2.20. The number of carbonyl (C=O) groups is 1. The second kappa shape index (κ2) is 8.80. The summed E-state index contributed by atoms with van der Waals surface area (Å²) in [5.41, 5.74) is 3.43. The number of rotatable bonds is 6. The second-order valence-electron chi connectivity index (χ2n) is 7.24. The highest BCUT2D eigenvalue weighted by atomic mass is 32.2. The summed E-state index contributed by atoms with van der Waals surface area (Å²) < 4.78 is 2.25. The molecule has 4 rings (SSSR count). The SMILES string of the molecule is CN1CCN(C(=O)CSc2nc3ccccc3n2CCc2ccccc2)CC1. The number of fused-ring (bicyclic) bond motifs is 1. The van der Waals surface area contributed by atoms with E-state index in [4.69, 9.17) is 4.98 Å². The first-order valence-corrected chi connectivity index (χ1v) is 10.8. The molecule has 0 N–H and O–H groups in total. The molecule has 1 aliphatic heterocycles. The van der Waals surface area contributed by atoms with Gasteiger partial charge in [-0.05, 0) is 31.2 Å². The van der Waals surface area contributed by atoms with E-state index in [1.165, 1.54) is 5.56 Å². The van der Waals surface area contributed by atoms with E-state index in [0.29, 0.717) is 5.75 Å². The number of thioether (sulfide) groups is 1. The Labute approximate surface area is 170 Å². The van der Waals surface area contributed by atoms with E-state index < -0.39 is 0 Å². The molecule has 0 aliphatic carbocycles. The highest BCUT2D eigenvalue weighted by molar-refractivity contribution is 7.99. The molecule has 6 heteroatoms. The molecule has 0 bridgehead atoms. The summed E-state index contributed by atoms with van der Waals surface area (Å²) in [5.74, 6) is 0.651. The Hall–Kier alpha value is -2.31. The van der Waals surface area contributed by atoms with Gasteiger partial charge in [-0.1, -0.05) is 54.2 Å². The maximum Gasteiger partial charge on any atom is 0.233 e. The van der Waals surface area contributed by atoms with Crippen molar-refractivity contribution in [2.75, 3.05) is 39.0 Å². The maximum absolute atomic E-state index is 12.6. The number of amides is 1. The van der Waals surface area contributed by atoms with Crippen LogP contribution in [0.1, 0.15) is 5.56 Å². The molecule has 2 heterocycles. The van der Waals surface area contributed by atoms with Crippen LogP contribution in [0.4, 0.5) is 0 Å². The number of piperazine rings is 1. The van der Waals surface area contributed by atoms with E-state index in [9.17, 15) is 4.79 Å². The molecule has 1 aliphatic rings. The lowest BCUT2D eigenvalue weighted by molar-refractivity contribution is -0.129. The largest absolute Gasteiger partial charge is 0.339 e. The zero-order chi connectivity index (χ0) is 19.3. The van der Waals surface area contributed by atoms with Crippen LogP contribution in [0, 0.1) is 0 Å². The Morgan fingerprint density at radius 2 is 1.71 bits per heavy atom. The highest BCUT2D eigenvalue weighted by Crippen LogP contribution is 2.25. The molecule has 5 nitrogen and oxygen atoms in total. The van der Waals surface area contributed by atoms with Crippen LogP contribution in [0.3, 0.4) is 0 Å². The monoisotopic (exact) mass is 394 g/mol. The van der Waals surface area contributed by atoms with Crippen LogP contribution in [0.5, 0.6) is 0 Å². The second-order valence-corrected chi connectivity index (χ2v) is 8.19. The zero-order valence-corrected chi connectivity index (χ0v) is 17.1. The number of aryl methyl sites for hydroxylation is 2. The molecular formula is C22H26N4OS. The molecule has 2 aromatic carbocycles. The Bertz CT molecular complexity index is 932. The minimum absolute atomic E-state index is 0.208. The van der Waals surface area contributed by atoms with Crippen molar-refractivity contribution in [3.05, 3.63) is 60.2 Å². The van der Waals surface area contributed by atoms with Crippen molar-refractivity contribution in [1.29, 1.82) is 0 Å². The number of hydrogen-bond donors (Lipinski definition) is 0. The normalized spacial score (nSPS) is 15.2. The van der Waals surface area contributed by atoms with E-state index in [1.807, 2.05) is 29.2 Å². The number of nitrogens with zero attached hydrogens (tertiary/aromatic N) is 4. The van der Waals surface area contributed by atoms with Gasteiger partial charge >= 0.3 is 0 Å². The van der Waals surface area contributed by atoms with E-state index in [1.54, 1.807) is 11.8 Å². The smallest absolute Gasteiger partial charge is 0.233 e. The minimum Gasteiger partial charge on any atom is -0.339 e. The Kier molecular flexibility index (Phi) is 5.98. The van der Waals surface area contributed by atoms with Gasteiger partial charge in [0.1, 0.15) is 0 Å². The summed E-state index contributed by atoms with van der Waals surface area (Å²) in [5, 5.41) is 0.930.